The number of aliphatic carboxylic acids is 1. The Kier molecular flexibility index (Phi) is 5.80. The number of benzene rings is 3. The molecule has 2 N–H and O–H groups in total. The molecule has 0 aliphatic carbocycles. The van der Waals surface area contributed by atoms with Gasteiger partial charge in [0.05, 0.1) is 24.4 Å². The molecule has 0 saturated heterocycles. The highest BCUT2D eigenvalue weighted by molar-refractivity contribution is 5.89. The fourth-order valence-electron chi connectivity index (χ4n) is 5.69. The molecule has 0 radical (unpaired) electrons. The maximum absolute atomic E-state index is 13.8. The van der Waals surface area contributed by atoms with E-state index in [0.717, 1.165) is 22.2 Å². The molecule has 1 aliphatic rings. The third kappa shape index (κ3) is 3.86. The molecule has 2 aromatic heterocycles. The molecular weight excluding hydrogens is 490 g/mol. The minimum atomic E-state index is -1.78. The van der Waals surface area contributed by atoms with Crippen LogP contribution in [0.3, 0.4) is 0 Å². The SMILES string of the molecule is O=C(O)Cc1c2n(c3ccccc13)CC(n1nncc1C(O)(c1ccc(F)cc1)c1ccc(F)cc1)CC2. The van der Waals surface area contributed by atoms with Crippen molar-refractivity contribution in [3.05, 3.63) is 119 Å². The number of fused-ring (bicyclic) bond motifs is 3. The molecule has 0 saturated carbocycles. The minimum Gasteiger partial charge on any atom is -0.481 e. The maximum atomic E-state index is 13.8. The molecule has 0 fully saturated rings. The largest absolute Gasteiger partial charge is 0.481 e. The van der Waals surface area contributed by atoms with E-state index in [-0.39, 0.29) is 12.5 Å². The fraction of sp³-hybridized carbons (Fsp3) is 0.207. The Hall–Kier alpha value is -4.37. The van der Waals surface area contributed by atoms with Gasteiger partial charge in [-0.1, -0.05) is 47.7 Å². The van der Waals surface area contributed by atoms with E-state index in [0.29, 0.717) is 36.2 Å². The van der Waals surface area contributed by atoms with Gasteiger partial charge in [0.2, 0.25) is 0 Å². The standard InChI is InChI=1S/C29H24F2N4O3/c30-20-9-5-18(6-10-20)29(38,19-7-11-21(31)12-8-19)27-16-32-33-35(27)22-13-14-26-24(15-28(36)37)23-3-1-2-4-25(23)34(26)17-22/h1-12,16,22,38H,13-15,17H2,(H,36,37). The van der Waals surface area contributed by atoms with Crippen molar-refractivity contribution >= 4 is 16.9 Å². The lowest BCUT2D eigenvalue weighted by atomic mass is 9.83. The Morgan fingerprint density at radius 2 is 1.61 bits per heavy atom. The summed E-state index contributed by atoms with van der Waals surface area (Å²) in [6.45, 7) is 0.495. The van der Waals surface area contributed by atoms with Crippen LogP contribution in [-0.2, 0) is 29.8 Å². The summed E-state index contributed by atoms with van der Waals surface area (Å²) in [5.74, 6) is -1.77. The van der Waals surface area contributed by atoms with Crippen LogP contribution in [0.25, 0.3) is 10.9 Å². The van der Waals surface area contributed by atoms with Crippen molar-refractivity contribution in [3.63, 3.8) is 0 Å². The Morgan fingerprint density at radius 3 is 2.24 bits per heavy atom. The number of hydrogen-bond donors (Lipinski definition) is 2. The molecule has 1 atom stereocenters. The van der Waals surface area contributed by atoms with Crippen molar-refractivity contribution in [1.82, 2.24) is 19.6 Å². The molecule has 5 aromatic rings. The van der Waals surface area contributed by atoms with Crippen LogP contribution in [0.5, 0.6) is 0 Å². The second-order valence-corrected chi connectivity index (χ2v) is 9.60. The summed E-state index contributed by atoms with van der Waals surface area (Å²) in [4.78, 5) is 11.6. The van der Waals surface area contributed by atoms with Gasteiger partial charge in [0, 0.05) is 23.1 Å². The van der Waals surface area contributed by atoms with Crippen LogP contribution in [0.1, 0.15) is 40.5 Å². The lowest BCUT2D eigenvalue weighted by Gasteiger charge is -2.33. The van der Waals surface area contributed by atoms with Crippen molar-refractivity contribution in [3.8, 4) is 0 Å². The third-order valence-electron chi connectivity index (χ3n) is 7.45. The average Bonchev–Trinajstić information content (AvgIpc) is 3.53. The highest BCUT2D eigenvalue weighted by atomic mass is 19.1. The van der Waals surface area contributed by atoms with Crippen molar-refractivity contribution in [2.75, 3.05) is 0 Å². The topological polar surface area (TPSA) is 93.2 Å². The van der Waals surface area contributed by atoms with Gasteiger partial charge in [-0.15, -0.1) is 5.10 Å². The van der Waals surface area contributed by atoms with E-state index in [1.807, 2.05) is 24.3 Å². The van der Waals surface area contributed by atoms with Crippen molar-refractivity contribution < 1.29 is 23.8 Å². The lowest BCUT2D eigenvalue weighted by Crippen LogP contribution is -2.35. The summed E-state index contributed by atoms with van der Waals surface area (Å²) in [7, 11) is 0. The van der Waals surface area contributed by atoms with Gasteiger partial charge >= 0.3 is 5.97 Å². The summed E-state index contributed by atoms with van der Waals surface area (Å²) in [6.07, 6.45) is 2.68. The maximum Gasteiger partial charge on any atom is 0.307 e. The molecule has 0 spiro atoms. The molecule has 9 heteroatoms. The first-order valence-corrected chi connectivity index (χ1v) is 12.3. The van der Waals surface area contributed by atoms with E-state index in [1.54, 1.807) is 4.68 Å². The zero-order valence-electron chi connectivity index (χ0n) is 20.3. The quantitative estimate of drug-likeness (QED) is 0.345. The number of carboxylic acids is 1. The number of rotatable bonds is 6. The van der Waals surface area contributed by atoms with Gasteiger partial charge < -0.3 is 14.8 Å². The van der Waals surface area contributed by atoms with Crippen LogP contribution in [0.15, 0.2) is 79.0 Å². The summed E-state index contributed by atoms with van der Waals surface area (Å²) >= 11 is 0. The van der Waals surface area contributed by atoms with Gasteiger partial charge in [0.1, 0.15) is 11.6 Å². The second kappa shape index (κ2) is 9.18. The van der Waals surface area contributed by atoms with Crippen LogP contribution in [-0.4, -0.2) is 35.7 Å². The van der Waals surface area contributed by atoms with Gasteiger partial charge in [0.15, 0.2) is 5.60 Å². The Bertz CT molecular complexity index is 1600. The third-order valence-corrected chi connectivity index (χ3v) is 7.45. The monoisotopic (exact) mass is 514 g/mol. The predicted molar refractivity (Wildman–Crippen MR) is 136 cm³/mol. The molecule has 1 unspecified atom stereocenters. The number of nitrogens with zero attached hydrogens (tertiary/aromatic N) is 4. The summed E-state index contributed by atoms with van der Waals surface area (Å²) in [6, 6.07) is 18.6. The van der Waals surface area contributed by atoms with E-state index in [4.69, 9.17) is 0 Å². The van der Waals surface area contributed by atoms with Crippen LogP contribution in [0.2, 0.25) is 0 Å². The van der Waals surface area contributed by atoms with Gasteiger partial charge in [-0.2, -0.15) is 0 Å². The molecular formula is C29H24F2N4O3. The first-order chi connectivity index (χ1) is 18.4. The van der Waals surface area contributed by atoms with E-state index in [2.05, 4.69) is 14.9 Å². The Labute approximate surface area is 216 Å². The fourth-order valence-corrected chi connectivity index (χ4v) is 5.69. The minimum absolute atomic E-state index is 0.0586. The van der Waals surface area contributed by atoms with Crippen LogP contribution in [0, 0.1) is 11.6 Å². The number of carbonyl (C=O) groups is 1. The van der Waals surface area contributed by atoms with Crippen molar-refractivity contribution in [1.29, 1.82) is 0 Å². The predicted octanol–water partition coefficient (Wildman–Crippen LogP) is 4.61. The molecule has 3 aromatic carbocycles. The second-order valence-electron chi connectivity index (χ2n) is 9.60. The van der Waals surface area contributed by atoms with Crippen molar-refractivity contribution in [2.24, 2.45) is 0 Å². The highest BCUT2D eigenvalue weighted by Gasteiger charge is 2.40. The Morgan fingerprint density at radius 1 is 0.974 bits per heavy atom. The normalized spacial score (nSPS) is 15.5. The molecule has 192 valence electrons. The molecule has 6 rings (SSSR count). The summed E-state index contributed by atoms with van der Waals surface area (Å²) in [5.41, 5.74) is 2.11. The van der Waals surface area contributed by atoms with Crippen molar-refractivity contribution in [2.45, 2.75) is 37.5 Å². The number of carboxylic acid groups (broad SMARTS) is 1. The molecule has 38 heavy (non-hydrogen) atoms. The van der Waals surface area contributed by atoms with Gasteiger partial charge in [-0.05, 0) is 59.9 Å². The van der Waals surface area contributed by atoms with E-state index in [1.165, 1.54) is 54.7 Å². The molecule has 0 bridgehead atoms. The molecule has 7 nitrogen and oxygen atoms in total. The summed E-state index contributed by atoms with van der Waals surface area (Å²) < 4.78 is 31.4. The average molecular weight is 515 g/mol. The number of aromatic nitrogens is 4. The zero-order chi connectivity index (χ0) is 26.4. The van der Waals surface area contributed by atoms with Crippen LogP contribution >= 0.6 is 0 Å². The van der Waals surface area contributed by atoms with E-state index in [9.17, 15) is 23.8 Å². The first kappa shape index (κ1) is 24.0. The summed E-state index contributed by atoms with van der Waals surface area (Å²) in [5, 5.41) is 31.2. The molecule has 3 heterocycles. The number of aliphatic hydroxyl groups is 1. The van der Waals surface area contributed by atoms with Gasteiger partial charge in [0.25, 0.3) is 0 Å². The Balaban J connectivity index is 1.46. The smallest absolute Gasteiger partial charge is 0.307 e. The van der Waals surface area contributed by atoms with E-state index >= 15 is 0 Å². The number of para-hydroxylation sites is 1. The van der Waals surface area contributed by atoms with Crippen LogP contribution < -0.4 is 0 Å². The lowest BCUT2D eigenvalue weighted by molar-refractivity contribution is -0.136. The first-order valence-electron chi connectivity index (χ1n) is 12.3. The molecule has 1 aliphatic heterocycles. The van der Waals surface area contributed by atoms with Crippen LogP contribution in [0.4, 0.5) is 8.78 Å². The van der Waals surface area contributed by atoms with E-state index < -0.39 is 23.2 Å². The van der Waals surface area contributed by atoms with Gasteiger partial charge in [-0.3, -0.25) is 4.79 Å². The number of hydrogen-bond acceptors (Lipinski definition) is 4. The zero-order valence-corrected chi connectivity index (χ0v) is 20.3. The molecule has 0 amide bonds. The number of halogens is 2. The highest BCUT2D eigenvalue weighted by Crippen LogP contribution is 2.40. The van der Waals surface area contributed by atoms with Gasteiger partial charge in [-0.25, -0.2) is 13.5 Å².